The Morgan fingerprint density at radius 1 is 0.946 bits per heavy atom. The molecule has 37 heavy (non-hydrogen) atoms. The largest absolute Gasteiger partial charge is 0.496 e. The maximum absolute atomic E-state index is 12.6. The number of benzene rings is 4. The Hall–Kier alpha value is -4.84. The van der Waals surface area contributed by atoms with Crippen molar-refractivity contribution in [2.45, 2.75) is 13.2 Å². The van der Waals surface area contributed by atoms with Gasteiger partial charge in [0.2, 0.25) is 5.91 Å². The van der Waals surface area contributed by atoms with E-state index in [1.54, 1.807) is 19.4 Å². The molecule has 0 aliphatic rings. The minimum absolute atomic E-state index is 0.234. The number of methoxy groups -OCH3 is 1. The molecule has 0 fully saturated rings. The summed E-state index contributed by atoms with van der Waals surface area (Å²) in [5, 5.41) is 9.69. The highest BCUT2D eigenvalue weighted by molar-refractivity contribution is 6.01. The molecule has 0 saturated heterocycles. The molecule has 6 nitrogen and oxygen atoms in total. The van der Waals surface area contributed by atoms with Gasteiger partial charge in [-0.1, -0.05) is 66.7 Å². The van der Waals surface area contributed by atoms with Crippen molar-refractivity contribution in [3.05, 3.63) is 126 Å². The molecule has 5 aromatic rings. The Labute approximate surface area is 215 Å². The number of amides is 1. The van der Waals surface area contributed by atoms with Gasteiger partial charge < -0.3 is 14.8 Å². The lowest BCUT2D eigenvalue weighted by molar-refractivity contribution is -0.111. The molecule has 0 spiro atoms. The van der Waals surface area contributed by atoms with Gasteiger partial charge in [0.25, 0.3) is 0 Å². The van der Waals surface area contributed by atoms with Crippen molar-refractivity contribution in [2.75, 3.05) is 12.4 Å². The van der Waals surface area contributed by atoms with Crippen molar-refractivity contribution < 1.29 is 14.3 Å². The van der Waals surface area contributed by atoms with Crippen molar-refractivity contribution in [3.8, 4) is 11.5 Å². The van der Waals surface area contributed by atoms with Crippen LogP contribution in [0.1, 0.15) is 16.7 Å². The highest BCUT2D eigenvalue weighted by Crippen LogP contribution is 2.23. The second-order valence-corrected chi connectivity index (χ2v) is 8.56. The van der Waals surface area contributed by atoms with Crippen molar-refractivity contribution in [1.82, 2.24) is 9.78 Å². The normalized spacial score (nSPS) is 11.1. The summed E-state index contributed by atoms with van der Waals surface area (Å²) in [4.78, 5) is 12.6. The van der Waals surface area contributed by atoms with E-state index < -0.39 is 0 Å². The molecule has 0 atom stereocenters. The topological polar surface area (TPSA) is 65.4 Å². The van der Waals surface area contributed by atoms with Crippen LogP contribution in [0.4, 0.5) is 5.69 Å². The van der Waals surface area contributed by atoms with Crippen LogP contribution < -0.4 is 14.8 Å². The molecule has 1 amide bonds. The number of carbonyl (C=O) groups excluding carboxylic acids is 1. The third-order valence-electron chi connectivity index (χ3n) is 5.98. The summed E-state index contributed by atoms with van der Waals surface area (Å²) < 4.78 is 13.2. The predicted octanol–water partition coefficient (Wildman–Crippen LogP) is 6.32. The van der Waals surface area contributed by atoms with E-state index >= 15 is 0 Å². The minimum atomic E-state index is -0.234. The number of aromatic nitrogens is 2. The zero-order valence-electron chi connectivity index (χ0n) is 20.5. The number of hydrogen-bond donors (Lipinski definition) is 1. The summed E-state index contributed by atoms with van der Waals surface area (Å²) in [6.45, 7) is 0.976. The summed E-state index contributed by atoms with van der Waals surface area (Å²) in [6.07, 6.45) is 6.76. The highest BCUT2D eigenvalue weighted by atomic mass is 16.5. The zero-order valence-corrected chi connectivity index (χ0v) is 20.5. The maximum Gasteiger partial charge on any atom is 0.248 e. The quantitative estimate of drug-likeness (QED) is 0.246. The lowest BCUT2D eigenvalue weighted by Crippen LogP contribution is -2.07. The van der Waals surface area contributed by atoms with Crippen LogP contribution in [0.5, 0.6) is 11.5 Å². The van der Waals surface area contributed by atoms with E-state index in [-0.39, 0.29) is 5.91 Å². The summed E-state index contributed by atoms with van der Waals surface area (Å²) in [6, 6.07) is 29.9. The molecule has 6 heteroatoms. The molecule has 0 aliphatic carbocycles. The molecule has 0 bridgehead atoms. The molecular formula is C31H27N3O3. The maximum atomic E-state index is 12.6. The number of fused-ring (bicyclic) bond motifs is 1. The Morgan fingerprint density at radius 2 is 1.76 bits per heavy atom. The number of nitrogens with one attached hydrogen (secondary N) is 1. The smallest absolute Gasteiger partial charge is 0.248 e. The first kappa shape index (κ1) is 23.9. The fourth-order valence-electron chi connectivity index (χ4n) is 4.17. The SMILES string of the molecule is COc1ccc(/C=C/C(=O)Nc2cnn(Cc3cccc4ccccc34)c2)cc1COc1ccccc1. The van der Waals surface area contributed by atoms with Crippen LogP contribution in [0.25, 0.3) is 16.8 Å². The molecule has 1 heterocycles. The Bertz CT molecular complexity index is 1530. The van der Waals surface area contributed by atoms with E-state index in [0.717, 1.165) is 22.6 Å². The van der Waals surface area contributed by atoms with Crippen LogP contribution in [0.15, 0.2) is 109 Å². The van der Waals surface area contributed by atoms with Crippen molar-refractivity contribution >= 4 is 28.4 Å². The Balaban J connectivity index is 1.22. The lowest BCUT2D eigenvalue weighted by Gasteiger charge is -2.11. The van der Waals surface area contributed by atoms with Gasteiger partial charge >= 0.3 is 0 Å². The first-order valence-electron chi connectivity index (χ1n) is 12.0. The number of para-hydroxylation sites is 1. The molecular weight excluding hydrogens is 462 g/mol. The number of ether oxygens (including phenoxy) is 2. The van der Waals surface area contributed by atoms with Crippen LogP contribution in [0.2, 0.25) is 0 Å². The summed E-state index contributed by atoms with van der Waals surface area (Å²) in [7, 11) is 1.63. The third kappa shape index (κ3) is 6.05. The monoisotopic (exact) mass is 489 g/mol. The Kier molecular flexibility index (Phi) is 7.27. The van der Waals surface area contributed by atoms with Gasteiger partial charge in [0.15, 0.2) is 0 Å². The van der Waals surface area contributed by atoms with E-state index in [9.17, 15) is 4.79 Å². The average Bonchev–Trinajstić information content (AvgIpc) is 3.38. The fourth-order valence-corrected chi connectivity index (χ4v) is 4.17. The summed E-state index contributed by atoms with van der Waals surface area (Å²) >= 11 is 0. The van der Waals surface area contributed by atoms with Gasteiger partial charge in [0.1, 0.15) is 18.1 Å². The van der Waals surface area contributed by atoms with Gasteiger partial charge in [-0.2, -0.15) is 5.10 Å². The molecule has 0 aliphatic heterocycles. The molecule has 0 unspecified atom stereocenters. The Morgan fingerprint density at radius 3 is 2.62 bits per heavy atom. The lowest BCUT2D eigenvalue weighted by atomic mass is 10.0. The van der Waals surface area contributed by atoms with Crippen LogP contribution >= 0.6 is 0 Å². The van der Waals surface area contributed by atoms with Crippen molar-refractivity contribution in [2.24, 2.45) is 0 Å². The van der Waals surface area contributed by atoms with Gasteiger partial charge in [-0.25, -0.2) is 0 Å². The zero-order chi connectivity index (χ0) is 25.5. The molecule has 4 aromatic carbocycles. The van der Waals surface area contributed by atoms with Crippen LogP contribution in [-0.2, 0) is 17.9 Å². The molecule has 1 aromatic heterocycles. The van der Waals surface area contributed by atoms with Crippen LogP contribution in [0, 0.1) is 0 Å². The first-order chi connectivity index (χ1) is 18.2. The van der Waals surface area contributed by atoms with E-state index in [4.69, 9.17) is 9.47 Å². The number of hydrogen-bond acceptors (Lipinski definition) is 4. The van der Waals surface area contributed by atoms with Crippen molar-refractivity contribution in [3.63, 3.8) is 0 Å². The van der Waals surface area contributed by atoms with E-state index in [0.29, 0.717) is 18.8 Å². The molecule has 0 saturated carbocycles. The fraction of sp³-hybridized carbons (Fsp3) is 0.0968. The van der Waals surface area contributed by atoms with Crippen molar-refractivity contribution in [1.29, 1.82) is 0 Å². The third-order valence-corrected chi connectivity index (χ3v) is 5.98. The summed E-state index contributed by atoms with van der Waals surface area (Å²) in [5.41, 5.74) is 3.57. The molecule has 184 valence electrons. The van der Waals surface area contributed by atoms with Gasteiger partial charge in [-0.15, -0.1) is 0 Å². The van der Waals surface area contributed by atoms with Crippen LogP contribution in [0.3, 0.4) is 0 Å². The number of anilines is 1. The number of carbonyl (C=O) groups is 1. The molecule has 0 radical (unpaired) electrons. The van der Waals surface area contributed by atoms with E-state index in [1.807, 2.05) is 77.6 Å². The number of nitrogens with zero attached hydrogens (tertiary/aromatic N) is 2. The average molecular weight is 490 g/mol. The minimum Gasteiger partial charge on any atom is -0.496 e. The predicted molar refractivity (Wildman–Crippen MR) is 147 cm³/mol. The second kappa shape index (κ2) is 11.3. The summed E-state index contributed by atoms with van der Waals surface area (Å²) in [5.74, 6) is 1.28. The number of rotatable bonds is 9. The van der Waals surface area contributed by atoms with E-state index in [1.165, 1.54) is 22.4 Å². The van der Waals surface area contributed by atoms with Crippen LogP contribution in [-0.4, -0.2) is 22.8 Å². The van der Waals surface area contributed by atoms with Gasteiger partial charge in [0, 0.05) is 17.8 Å². The first-order valence-corrected chi connectivity index (χ1v) is 12.0. The second-order valence-electron chi connectivity index (χ2n) is 8.56. The van der Waals surface area contributed by atoms with Gasteiger partial charge in [-0.05, 0) is 52.2 Å². The molecule has 5 rings (SSSR count). The standard InChI is InChI=1S/C31H27N3O3/c1-36-30-16-14-23(18-26(30)22-37-28-11-3-2-4-12-28)15-17-31(35)33-27-19-32-34(21-27)20-25-10-7-9-24-8-5-6-13-29(24)25/h2-19,21H,20,22H2,1H3,(H,33,35)/b17-15+. The molecule has 1 N–H and O–H groups in total. The van der Waals surface area contributed by atoms with Gasteiger partial charge in [-0.3, -0.25) is 9.48 Å². The van der Waals surface area contributed by atoms with E-state index in [2.05, 4.69) is 34.7 Å². The highest BCUT2D eigenvalue weighted by Gasteiger charge is 2.07. The van der Waals surface area contributed by atoms with Gasteiger partial charge in [0.05, 0.1) is 25.5 Å².